The predicted molar refractivity (Wildman–Crippen MR) is 137 cm³/mol. The minimum atomic E-state index is -0.527. The molecule has 2 heteroatoms. The van der Waals surface area contributed by atoms with Crippen molar-refractivity contribution < 1.29 is 10.2 Å². The van der Waals surface area contributed by atoms with Crippen molar-refractivity contribution in [2.45, 2.75) is 124 Å². The SMILES string of the molecule is CC[C@]1(O)CC[C@@]2(C)C(=CC[C@H]3[C@@H]4[C@@H]5[C@H](C)[C@@H]5[C@H]([C@H](C)CCCC(C)(C)O)[C@@]4(C)CC[C@@H]32)C1. The van der Waals surface area contributed by atoms with Crippen LogP contribution in [0.25, 0.3) is 0 Å². The van der Waals surface area contributed by atoms with Crippen LogP contribution in [0.15, 0.2) is 11.6 Å². The van der Waals surface area contributed by atoms with Gasteiger partial charge in [0.2, 0.25) is 0 Å². The maximum absolute atomic E-state index is 11.1. The van der Waals surface area contributed by atoms with E-state index in [9.17, 15) is 10.2 Å². The number of aliphatic hydroxyl groups is 2. The summed E-state index contributed by atoms with van der Waals surface area (Å²) in [6.07, 6.45) is 14.1. The monoisotopic (exact) mass is 456 g/mol. The molecule has 0 aromatic carbocycles. The highest BCUT2D eigenvalue weighted by atomic mass is 16.3. The molecule has 188 valence electrons. The van der Waals surface area contributed by atoms with Gasteiger partial charge >= 0.3 is 0 Å². The van der Waals surface area contributed by atoms with Crippen LogP contribution in [0.3, 0.4) is 0 Å². The standard InChI is InChI=1S/C31H52O2/c1-8-31(33)17-16-29(6)21(18-31)11-12-22-23(29)13-15-30(7)26(24-20(3)25(24)27(22)30)19(2)10-9-14-28(4,5)32/h11,19-20,22-27,32-33H,8-10,12-18H2,1-7H3/t19-,20-,22-,23+,24+,25-,26+,27-,29+,30-,31+/m1/s1. The van der Waals surface area contributed by atoms with Crippen LogP contribution in [0.2, 0.25) is 0 Å². The number of rotatable bonds is 6. The molecule has 5 rings (SSSR count). The van der Waals surface area contributed by atoms with Crippen molar-refractivity contribution in [3.8, 4) is 0 Å². The molecule has 0 bridgehead atoms. The van der Waals surface area contributed by atoms with Crippen molar-refractivity contribution in [2.24, 2.45) is 58.2 Å². The van der Waals surface area contributed by atoms with Crippen LogP contribution >= 0.6 is 0 Å². The third kappa shape index (κ3) is 3.71. The third-order valence-corrected chi connectivity index (χ3v) is 12.4. The minimum absolute atomic E-state index is 0.329. The molecule has 5 aliphatic carbocycles. The summed E-state index contributed by atoms with van der Waals surface area (Å²) in [5.41, 5.74) is 1.47. The van der Waals surface area contributed by atoms with Crippen LogP contribution in [0.1, 0.15) is 113 Å². The van der Waals surface area contributed by atoms with E-state index in [2.05, 4.69) is 40.7 Å². The summed E-state index contributed by atoms with van der Waals surface area (Å²) >= 11 is 0. The molecule has 2 N–H and O–H groups in total. The Morgan fingerprint density at radius 1 is 1.15 bits per heavy atom. The van der Waals surface area contributed by atoms with Crippen molar-refractivity contribution in [3.05, 3.63) is 11.6 Å². The molecule has 2 nitrogen and oxygen atoms in total. The second-order valence-corrected chi connectivity index (χ2v) is 14.7. The molecule has 4 saturated carbocycles. The average Bonchev–Trinajstić information content (AvgIpc) is 3.24. The van der Waals surface area contributed by atoms with Gasteiger partial charge in [-0.3, -0.25) is 0 Å². The molecule has 0 spiro atoms. The fourth-order valence-corrected chi connectivity index (χ4v) is 10.6. The highest BCUT2D eigenvalue weighted by molar-refractivity contribution is 5.29. The molecular weight excluding hydrogens is 404 g/mol. The molecule has 0 unspecified atom stereocenters. The fourth-order valence-electron chi connectivity index (χ4n) is 10.6. The van der Waals surface area contributed by atoms with E-state index in [-0.39, 0.29) is 0 Å². The van der Waals surface area contributed by atoms with E-state index in [0.29, 0.717) is 10.8 Å². The first-order valence-corrected chi connectivity index (χ1v) is 14.5. The van der Waals surface area contributed by atoms with Crippen LogP contribution in [0, 0.1) is 58.2 Å². The van der Waals surface area contributed by atoms with Crippen molar-refractivity contribution in [3.63, 3.8) is 0 Å². The zero-order valence-corrected chi connectivity index (χ0v) is 22.7. The summed E-state index contributed by atoms with van der Waals surface area (Å²) in [5.74, 6) is 7.06. The van der Waals surface area contributed by atoms with Gasteiger partial charge in [-0.15, -0.1) is 0 Å². The topological polar surface area (TPSA) is 40.5 Å². The van der Waals surface area contributed by atoms with Gasteiger partial charge in [0.25, 0.3) is 0 Å². The van der Waals surface area contributed by atoms with E-state index in [1.807, 2.05) is 13.8 Å². The lowest BCUT2D eigenvalue weighted by Gasteiger charge is -2.60. The normalized spacial score (nSPS) is 51.7. The molecule has 0 amide bonds. The molecule has 0 aromatic rings. The lowest BCUT2D eigenvalue weighted by atomic mass is 9.45. The quantitative estimate of drug-likeness (QED) is 0.409. The van der Waals surface area contributed by atoms with Gasteiger partial charge in [0.1, 0.15) is 0 Å². The summed E-state index contributed by atoms with van der Waals surface area (Å²) in [6.45, 7) is 16.5. The third-order valence-electron chi connectivity index (χ3n) is 12.4. The number of allylic oxidation sites excluding steroid dienone is 1. The van der Waals surface area contributed by atoms with Gasteiger partial charge in [0.05, 0.1) is 11.2 Å². The molecule has 11 atom stereocenters. The Morgan fingerprint density at radius 2 is 1.88 bits per heavy atom. The molecule has 0 radical (unpaired) electrons. The largest absolute Gasteiger partial charge is 0.390 e. The molecule has 33 heavy (non-hydrogen) atoms. The zero-order chi connectivity index (χ0) is 24.0. The lowest BCUT2D eigenvalue weighted by Crippen LogP contribution is -2.53. The van der Waals surface area contributed by atoms with Gasteiger partial charge in [0.15, 0.2) is 0 Å². The van der Waals surface area contributed by atoms with Crippen molar-refractivity contribution in [1.82, 2.24) is 0 Å². The summed E-state index contributed by atoms with van der Waals surface area (Å²) in [5, 5.41) is 21.3. The van der Waals surface area contributed by atoms with E-state index >= 15 is 0 Å². The van der Waals surface area contributed by atoms with E-state index in [0.717, 1.165) is 79.4 Å². The first-order chi connectivity index (χ1) is 15.3. The lowest BCUT2D eigenvalue weighted by molar-refractivity contribution is -0.0895. The summed E-state index contributed by atoms with van der Waals surface area (Å²) < 4.78 is 0. The van der Waals surface area contributed by atoms with Gasteiger partial charge in [-0.25, -0.2) is 0 Å². The van der Waals surface area contributed by atoms with Crippen LogP contribution in [-0.2, 0) is 0 Å². The maximum atomic E-state index is 11.1. The zero-order valence-electron chi connectivity index (χ0n) is 22.7. The molecule has 0 aliphatic heterocycles. The second-order valence-electron chi connectivity index (χ2n) is 14.7. The van der Waals surface area contributed by atoms with Gasteiger partial charge in [0, 0.05) is 0 Å². The van der Waals surface area contributed by atoms with E-state index in [1.54, 1.807) is 5.57 Å². The number of fused-ring (bicyclic) bond motifs is 7. The Balaban J connectivity index is 1.38. The smallest absolute Gasteiger partial charge is 0.0682 e. The number of hydrogen-bond acceptors (Lipinski definition) is 2. The Labute approximate surface area is 204 Å². The van der Waals surface area contributed by atoms with Gasteiger partial charge < -0.3 is 10.2 Å². The summed E-state index contributed by atoms with van der Waals surface area (Å²) in [6, 6.07) is 0. The Bertz CT molecular complexity index is 793. The average molecular weight is 457 g/mol. The molecule has 0 aromatic heterocycles. The number of hydrogen-bond donors (Lipinski definition) is 2. The van der Waals surface area contributed by atoms with Gasteiger partial charge in [-0.05, 0) is 123 Å². The molecular formula is C31H52O2. The van der Waals surface area contributed by atoms with E-state index in [4.69, 9.17) is 0 Å². The van der Waals surface area contributed by atoms with E-state index in [1.165, 1.54) is 32.1 Å². The predicted octanol–water partition coefficient (Wildman–Crippen LogP) is 7.39. The highest BCUT2D eigenvalue weighted by Crippen LogP contribution is 2.78. The van der Waals surface area contributed by atoms with Crippen LogP contribution in [0.4, 0.5) is 0 Å². The fraction of sp³-hybridized carbons (Fsp3) is 0.935. The van der Waals surface area contributed by atoms with E-state index < -0.39 is 11.2 Å². The molecule has 5 aliphatic rings. The highest BCUT2D eigenvalue weighted by Gasteiger charge is 2.73. The first kappa shape index (κ1) is 24.4. The maximum Gasteiger partial charge on any atom is 0.0682 e. The molecule has 4 fully saturated rings. The summed E-state index contributed by atoms with van der Waals surface area (Å²) in [4.78, 5) is 0. The molecule has 0 heterocycles. The van der Waals surface area contributed by atoms with Gasteiger partial charge in [-0.2, -0.15) is 0 Å². The summed E-state index contributed by atoms with van der Waals surface area (Å²) in [7, 11) is 0. The van der Waals surface area contributed by atoms with Crippen molar-refractivity contribution in [1.29, 1.82) is 0 Å². The van der Waals surface area contributed by atoms with Crippen LogP contribution < -0.4 is 0 Å². The first-order valence-electron chi connectivity index (χ1n) is 14.5. The van der Waals surface area contributed by atoms with Gasteiger partial charge in [-0.1, -0.05) is 59.1 Å². The van der Waals surface area contributed by atoms with Crippen molar-refractivity contribution >= 4 is 0 Å². The Morgan fingerprint density at radius 3 is 2.55 bits per heavy atom. The van der Waals surface area contributed by atoms with Crippen molar-refractivity contribution in [2.75, 3.05) is 0 Å². The Hall–Kier alpha value is -0.340. The second kappa shape index (κ2) is 7.83. The Kier molecular flexibility index (Phi) is 5.78. The molecule has 0 saturated heterocycles. The van der Waals surface area contributed by atoms with Crippen LogP contribution in [-0.4, -0.2) is 21.4 Å². The van der Waals surface area contributed by atoms with Crippen LogP contribution in [0.5, 0.6) is 0 Å². The minimum Gasteiger partial charge on any atom is -0.390 e.